The summed E-state index contributed by atoms with van der Waals surface area (Å²) in [6.45, 7) is 6.20. The summed E-state index contributed by atoms with van der Waals surface area (Å²) >= 11 is 7.26. The van der Waals surface area contributed by atoms with Gasteiger partial charge in [-0.05, 0) is 31.1 Å². The number of carbonyl (C=O) groups is 1. The van der Waals surface area contributed by atoms with E-state index >= 15 is 0 Å². The fourth-order valence-electron chi connectivity index (χ4n) is 2.63. The molecule has 0 saturated heterocycles. The SMILES string of the molecule is CCSC(C)CC1CC(=O)C(C(C)=NOC/C=C/Cl)=C(O)C1. The molecule has 0 aromatic heterocycles. The minimum Gasteiger partial charge on any atom is -0.511 e. The lowest BCUT2D eigenvalue weighted by molar-refractivity contribution is -0.116. The van der Waals surface area contributed by atoms with Crippen molar-refractivity contribution in [2.75, 3.05) is 12.4 Å². The molecule has 0 heterocycles. The number of halogens is 1. The van der Waals surface area contributed by atoms with Crippen molar-refractivity contribution in [3.63, 3.8) is 0 Å². The Morgan fingerprint density at radius 3 is 2.91 bits per heavy atom. The summed E-state index contributed by atoms with van der Waals surface area (Å²) in [4.78, 5) is 17.3. The first kappa shape index (κ1) is 19.1. The lowest BCUT2D eigenvalue weighted by Gasteiger charge is -2.25. The Morgan fingerprint density at radius 1 is 1.59 bits per heavy atom. The predicted octanol–water partition coefficient (Wildman–Crippen LogP) is 4.45. The van der Waals surface area contributed by atoms with Crippen molar-refractivity contribution in [2.24, 2.45) is 11.1 Å². The van der Waals surface area contributed by atoms with Gasteiger partial charge in [-0.1, -0.05) is 30.6 Å². The predicted molar refractivity (Wildman–Crippen MR) is 93.7 cm³/mol. The molecule has 2 atom stereocenters. The number of allylic oxidation sites excluding steroid dienone is 2. The number of hydrogen-bond acceptors (Lipinski definition) is 5. The van der Waals surface area contributed by atoms with Crippen molar-refractivity contribution in [3.05, 3.63) is 22.9 Å². The van der Waals surface area contributed by atoms with Gasteiger partial charge in [0.25, 0.3) is 0 Å². The quantitative estimate of drug-likeness (QED) is 0.401. The van der Waals surface area contributed by atoms with Gasteiger partial charge < -0.3 is 9.94 Å². The summed E-state index contributed by atoms with van der Waals surface area (Å²) in [5.41, 5.74) is 2.06. The van der Waals surface area contributed by atoms with Crippen molar-refractivity contribution < 1.29 is 14.7 Å². The molecule has 0 radical (unpaired) electrons. The lowest BCUT2D eigenvalue weighted by Crippen LogP contribution is -2.25. The second-order valence-corrected chi connectivity index (χ2v) is 7.32. The van der Waals surface area contributed by atoms with E-state index in [4.69, 9.17) is 16.4 Å². The van der Waals surface area contributed by atoms with Gasteiger partial charge in [0.1, 0.15) is 12.4 Å². The van der Waals surface area contributed by atoms with Gasteiger partial charge in [0.05, 0.1) is 11.3 Å². The first-order valence-corrected chi connectivity index (χ1v) is 8.97. The maximum Gasteiger partial charge on any atom is 0.168 e. The van der Waals surface area contributed by atoms with Crippen LogP contribution in [0.1, 0.15) is 40.0 Å². The van der Waals surface area contributed by atoms with Crippen LogP contribution in [-0.4, -0.2) is 34.2 Å². The topological polar surface area (TPSA) is 58.9 Å². The normalized spacial score (nSPS) is 21.5. The van der Waals surface area contributed by atoms with Crippen LogP contribution in [0.3, 0.4) is 0 Å². The van der Waals surface area contributed by atoms with E-state index in [9.17, 15) is 9.90 Å². The number of carbonyl (C=O) groups excluding carboxylic acids is 1. The Labute approximate surface area is 141 Å². The molecule has 0 aromatic carbocycles. The number of oxime groups is 1. The first-order chi connectivity index (χ1) is 10.5. The van der Waals surface area contributed by atoms with Crippen LogP contribution in [0.4, 0.5) is 0 Å². The monoisotopic (exact) mass is 345 g/mol. The van der Waals surface area contributed by atoms with Gasteiger partial charge in [-0.2, -0.15) is 11.8 Å². The highest BCUT2D eigenvalue weighted by Crippen LogP contribution is 2.32. The van der Waals surface area contributed by atoms with Crippen molar-refractivity contribution in [3.8, 4) is 0 Å². The zero-order chi connectivity index (χ0) is 16.5. The maximum atomic E-state index is 12.3. The molecular weight excluding hydrogens is 322 g/mol. The number of thioether (sulfide) groups is 1. The highest BCUT2D eigenvalue weighted by Gasteiger charge is 2.30. The van der Waals surface area contributed by atoms with E-state index in [1.807, 2.05) is 11.8 Å². The molecular formula is C16H24ClNO3S. The number of Topliss-reactive ketones (excluding diaryl/α,β-unsaturated/α-hetero) is 1. The Bertz CT molecular complexity index is 474. The van der Waals surface area contributed by atoms with Gasteiger partial charge in [0.15, 0.2) is 5.78 Å². The summed E-state index contributed by atoms with van der Waals surface area (Å²) < 4.78 is 0. The van der Waals surface area contributed by atoms with E-state index < -0.39 is 0 Å². The molecule has 0 aromatic rings. The number of ketones is 1. The summed E-state index contributed by atoms with van der Waals surface area (Å²) in [5, 5.41) is 14.6. The van der Waals surface area contributed by atoms with Crippen LogP contribution < -0.4 is 0 Å². The van der Waals surface area contributed by atoms with Gasteiger partial charge in [-0.3, -0.25) is 4.79 Å². The van der Waals surface area contributed by atoms with Crippen molar-refractivity contribution >= 4 is 34.9 Å². The Balaban J connectivity index is 2.70. The zero-order valence-electron chi connectivity index (χ0n) is 13.3. The van der Waals surface area contributed by atoms with Crippen LogP contribution >= 0.6 is 23.4 Å². The molecule has 1 aliphatic rings. The van der Waals surface area contributed by atoms with Crippen LogP contribution in [0.15, 0.2) is 28.1 Å². The van der Waals surface area contributed by atoms with E-state index in [1.165, 1.54) is 5.54 Å². The van der Waals surface area contributed by atoms with Crippen LogP contribution in [-0.2, 0) is 9.63 Å². The van der Waals surface area contributed by atoms with Crippen LogP contribution in [0.25, 0.3) is 0 Å². The second kappa shape index (κ2) is 9.95. The van der Waals surface area contributed by atoms with E-state index in [-0.39, 0.29) is 24.1 Å². The average molecular weight is 346 g/mol. The molecule has 1 N–H and O–H groups in total. The molecule has 2 unspecified atom stereocenters. The molecule has 6 heteroatoms. The van der Waals surface area contributed by atoms with Crippen molar-refractivity contribution in [1.82, 2.24) is 0 Å². The summed E-state index contributed by atoms with van der Waals surface area (Å²) in [7, 11) is 0. The standard InChI is InChI=1S/C16H24ClNO3S/c1-4-22-11(2)8-13-9-14(19)16(15(20)10-13)12(3)18-21-7-5-6-17/h5-6,11,13,19H,4,7-10H2,1-3H3/b6-5+,18-12?. The zero-order valence-corrected chi connectivity index (χ0v) is 14.9. The fraction of sp³-hybridized carbons (Fsp3) is 0.625. The fourth-order valence-corrected chi connectivity index (χ4v) is 3.68. The molecule has 0 fully saturated rings. The third-order valence-corrected chi connectivity index (χ3v) is 4.74. The summed E-state index contributed by atoms with van der Waals surface area (Å²) in [5.74, 6) is 1.35. The molecule has 1 rings (SSSR count). The van der Waals surface area contributed by atoms with Crippen LogP contribution in [0, 0.1) is 5.92 Å². The Hall–Kier alpha value is -0.940. The van der Waals surface area contributed by atoms with Gasteiger partial charge in [-0.15, -0.1) is 0 Å². The van der Waals surface area contributed by atoms with Crippen LogP contribution in [0.5, 0.6) is 0 Å². The van der Waals surface area contributed by atoms with Gasteiger partial charge in [-0.25, -0.2) is 0 Å². The molecule has 0 saturated carbocycles. The molecule has 4 nitrogen and oxygen atoms in total. The van der Waals surface area contributed by atoms with E-state index in [2.05, 4.69) is 19.0 Å². The number of nitrogens with zero attached hydrogens (tertiary/aromatic N) is 1. The van der Waals surface area contributed by atoms with Crippen molar-refractivity contribution in [1.29, 1.82) is 0 Å². The minimum absolute atomic E-state index is 0.0554. The molecule has 0 amide bonds. The summed E-state index contributed by atoms with van der Waals surface area (Å²) in [6.07, 6.45) is 3.53. The smallest absolute Gasteiger partial charge is 0.168 e. The molecule has 0 bridgehead atoms. The molecule has 0 aliphatic heterocycles. The van der Waals surface area contributed by atoms with Crippen LogP contribution in [0.2, 0.25) is 0 Å². The molecule has 1 aliphatic carbocycles. The first-order valence-electron chi connectivity index (χ1n) is 7.48. The molecule has 0 spiro atoms. The van der Waals surface area contributed by atoms with Gasteiger partial charge in [0, 0.05) is 23.6 Å². The number of hydrogen-bond donors (Lipinski definition) is 1. The largest absolute Gasteiger partial charge is 0.511 e. The number of aliphatic hydroxyl groups is 1. The minimum atomic E-state index is -0.0554. The average Bonchev–Trinajstić information content (AvgIpc) is 2.43. The van der Waals surface area contributed by atoms with E-state index in [0.29, 0.717) is 29.4 Å². The molecule has 124 valence electrons. The number of rotatable bonds is 8. The third-order valence-electron chi connectivity index (χ3n) is 3.46. The lowest BCUT2D eigenvalue weighted by atomic mass is 9.83. The highest BCUT2D eigenvalue weighted by molar-refractivity contribution is 7.99. The van der Waals surface area contributed by atoms with Crippen molar-refractivity contribution in [2.45, 2.75) is 45.3 Å². The van der Waals surface area contributed by atoms with Gasteiger partial charge >= 0.3 is 0 Å². The Kier molecular flexibility index (Phi) is 8.64. The third kappa shape index (κ3) is 6.05. The second-order valence-electron chi connectivity index (χ2n) is 5.35. The van der Waals surface area contributed by atoms with E-state index in [0.717, 1.165) is 12.2 Å². The van der Waals surface area contributed by atoms with Gasteiger partial charge in [0.2, 0.25) is 0 Å². The number of aliphatic hydroxyl groups excluding tert-OH is 1. The maximum absolute atomic E-state index is 12.3. The highest BCUT2D eigenvalue weighted by atomic mass is 35.5. The summed E-state index contributed by atoms with van der Waals surface area (Å²) in [6, 6.07) is 0. The molecule has 22 heavy (non-hydrogen) atoms. The Morgan fingerprint density at radius 2 is 2.32 bits per heavy atom. The van der Waals surface area contributed by atoms with E-state index in [1.54, 1.807) is 13.0 Å².